The molecule has 0 bridgehead atoms. The maximum Gasteiger partial charge on any atom is 0.312 e. The molecule has 1 aliphatic rings. The number of carboxylic acid groups (broad SMARTS) is 1. The summed E-state index contributed by atoms with van der Waals surface area (Å²) in [5.74, 6) is 5.49. The van der Waals surface area contributed by atoms with Crippen LogP contribution in [0.5, 0.6) is 5.75 Å². The molecule has 1 aromatic carbocycles. The number of hydrogen-bond acceptors (Lipinski definition) is 8. The van der Waals surface area contributed by atoms with Gasteiger partial charge in [-0.05, 0) is 49.6 Å². The maximum atomic E-state index is 12.1. The molecule has 0 spiro atoms. The van der Waals surface area contributed by atoms with Gasteiger partial charge in [-0.3, -0.25) is 14.7 Å². The summed E-state index contributed by atoms with van der Waals surface area (Å²) in [6.07, 6.45) is 3.85. The lowest BCUT2D eigenvalue weighted by molar-refractivity contribution is -0.156. The number of carboxylic acids is 1. The number of ether oxygens (including phenoxy) is 2. The second-order valence-electron chi connectivity index (χ2n) is 9.99. The van der Waals surface area contributed by atoms with Gasteiger partial charge in [-0.25, -0.2) is 5.84 Å². The number of fused-ring (bicyclic) bond motifs is 1. The molecule has 9 nitrogen and oxygen atoms in total. The van der Waals surface area contributed by atoms with Crippen LogP contribution >= 0.6 is 0 Å². The van der Waals surface area contributed by atoms with Crippen molar-refractivity contribution in [1.29, 1.82) is 0 Å². The van der Waals surface area contributed by atoms with Crippen LogP contribution in [0.2, 0.25) is 0 Å². The van der Waals surface area contributed by atoms with Gasteiger partial charge in [0.15, 0.2) is 0 Å². The highest BCUT2D eigenvalue weighted by molar-refractivity contribution is 5.74. The number of hydrazine groups is 1. The number of pyridine rings is 1. The smallest absolute Gasteiger partial charge is 0.312 e. The molecule has 0 aliphatic carbocycles. The molecule has 1 aromatic heterocycles. The van der Waals surface area contributed by atoms with E-state index in [0.717, 1.165) is 34.7 Å². The first kappa shape index (κ1) is 30.1. The Morgan fingerprint density at radius 2 is 2.05 bits per heavy atom. The summed E-state index contributed by atoms with van der Waals surface area (Å²) in [6, 6.07) is 9.78. The predicted molar refractivity (Wildman–Crippen MR) is 145 cm³/mol. The van der Waals surface area contributed by atoms with Crippen LogP contribution in [0.15, 0.2) is 48.4 Å². The Bertz CT molecular complexity index is 1050. The van der Waals surface area contributed by atoms with Crippen LogP contribution in [0.1, 0.15) is 62.6 Å². The summed E-state index contributed by atoms with van der Waals surface area (Å²) < 4.78 is 11.9. The van der Waals surface area contributed by atoms with Crippen LogP contribution in [0.4, 0.5) is 0 Å². The van der Waals surface area contributed by atoms with Gasteiger partial charge in [0.2, 0.25) is 0 Å². The van der Waals surface area contributed by atoms with Gasteiger partial charge in [-0.15, -0.1) is 0 Å². The van der Waals surface area contributed by atoms with Gasteiger partial charge in [0.25, 0.3) is 0 Å². The molecule has 1 atom stereocenters. The zero-order valence-corrected chi connectivity index (χ0v) is 23.0. The fourth-order valence-electron chi connectivity index (χ4n) is 3.96. The first-order chi connectivity index (χ1) is 17.5. The molecule has 0 unspecified atom stereocenters. The van der Waals surface area contributed by atoms with Gasteiger partial charge in [0.05, 0.1) is 29.5 Å². The first-order valence-electron chi connectivity index (χ1n) is 12.7. The van der Waals surface area contributed by atoms with Crippen molar-refractivity contribution < 1.29 is 19.4 Å². The van der Waals surface area contributed by atoms with Gasteiger partial charge in [-0.2, -0.15) is 0 Å². The number of nitrogens with zero attached hydrogens (tertiary/aromatic N) is 3. The number of benzene rings is 1. The Balaban J connectivity index is 0.00000153. The van der Waals surface area contributed by atoms with Crippen LogP contribution in [0, 0.1) is 12.3 Å². The van der Waals surface area contributed by atoms with Gasteiger partial charge in [0, 0.05) is 39.1 Å². The van der Waals surface area contributed by atoms with E-state index in [1.54, 1.807) is 33.3 Å². The highest BCUT2D eigenvalue weighted by Crippen LogP contribution is 2.38. The van der Waals surface area contributed by atoms with Crippen LogP contribution in [0.25, 0.3) is 0 Å². The Hall–Kier alpha value is -3.14. The third-order valence-electron chi connectivity index (χ3n) is 5.95. The maximum absolute atomic E-state index is 12.1. The largest absolute Gasteiger partial charge is 0.490 e. The van der Waals surface area contributed by atoms with Gasteiger partial charge in [-0.1, -0.05) is 38.5 Å². The van der Waals surface area contributed by atoms with Crippen molar-refractivity contribution in [2.24, 2.45) is 17.0 Å². The molecular weight excluding hydrogens is 470 g/mol. The number of aromatic nitrogens is 1. The normalized spacial score (nSPS) is 14.9. The highest BCUT2D eigenvalue weighted by atomic mass is 16.5. The summed E-state index contributed by atoms with van der Waals surface area (Å²) in [5.41, 5.74) is 9.12. The molecule has 3 rings (SSSR count). The average Bonchev–Trinajstić information content (AvgIpc) is 3.02. The zero-order valence-electron chi connectivity index (χ0n) is 23.0. The second-order valence-corrected chi connectivity index (χ2v) is 9.99. The molecule has 0 saturated heterocycles. The topological polar surface area (TPSA) is 127 Å². The van der Waals surface area contributed by atoms with Crippen LogP contribution < -0.4 is 16.3 Å². The molecule has 2 aromatic rings. The van der Waals surface area contributed by atoms with E-state index < -0.39 is 17.5 Å². The molecule has 37 heavy (non-hydrogen) atoms. The fourth-order valence-corrected chi connectivity index (χ4v) is 3.96. The summed E-state index contributed by atoms with van der Waals surface area (Å²) >= 11 is 0. The number of hydrogen-bond donors (Lipinski definition) is 3. The van der Waals surface area contributed by atoms with E-state index >= 15 is 0 Å². The standard InChI is InChI=1S/C25H35N5O4.C3H8/c1-17-7-8-18(23(25(2,3)24(31)32)34-16-20(26)14-29(4)27)12-19(17)13-30-10-11-33-22-6-5-9-28-21(22)15-30;1-3-2/h5-9,12,14,23H,10-11,13,15-16,26-27H2,1-4H3,(H,31,32);3H2,1-2H3/b20-14-;/t23-;/m0./s1. The lowest BCUT2D eigenvalue weighted by atomic mass is 9.81. The van der Waals surface area contributed by atoms with E-state index in [2.05, 4.69) is 30.7 Å². The fraction of sp³-hybridized carbons (Fsp3) is 0.500. The Morgan fingerprint density at radius 1 is 1.35 bits per heavy atom. The van der Waals surface area contributed by atoms with Crippen molar-refractivity contribution in [3.05, 3.63) is 70.8 Å². The molecule has 0 fully saturated rings. The Kier molecular flexibility index (Phi) is 11.4. The van der Waals surface area contributed by atoms with Crippen LogP contribution in [-0.4, -0.2) is 52.8 Å². The summed E-state index contributed by atoms with van der Waals surface area (Å²) in [6.45, 7) is 12.4. The number of aliphatic carboxylic acids is 1. The molecule has 9 heteroatoms. The molecule has 1 aliphatic heterocycles. The SMILES string of the molecule is CCC.Cc1ccc([C@H](OC/C(N)=C/N(C)N)C(C)(C)C(=O)O)cc1CN1CCOc2cccnc2C1. The minimum absolute atomic E-state index is 0.0536. The lowest BCUT2D eigenvalue weighted by Crippen LogP contribution is -2.34. The van der Waals surface area contributed by atoms with Crippen LogP contribution in [-0.2, 0) is 22.6 Å². The number of nitrogens with two attached hydrogens (primary N) is 2. The zero-order chi connectivity index (χ0) is 27.6. The van der Waals surface area contributed by atoms with Crippen molar-refractivity contribution in [1.82, 2.24) is 14.9 Å². The molecule has 2 heterocycles. The summed E-state index contributed by atoms with van der Waals surface area (Å²) in [5, 5.41) is 11.2. The van der Waals surface area contributed by atoms with E-state index in [1.165, 1.54) is 11.4 Å². The van der Waals surface area contributed by atoms with Crippen molar-refractivity contribution in [3.63, 3.8) is 0 Å². The van der Waals surface area contributed by atoms with Crippen molar-refractivity contribution in [2.75, 3.05) is 26.8 Å². The quantitative estimate of drug-likeness (QED) is 0.337. The van der Waals surface area contributed by atoms with Gasteiger partial charge < -0.3 is 25.3 Å². The van der Waals surface area contributed by atoms with Gasteiger partial charge in [0.1, 0.15) is 12.4 Å². The van der Waals surface area contributed by atoms with E-state index in [0.29, 0.717) is 25.4 Å². The summed E-state index contributed by atoms with van der Waals surface area (Å²) in [4.78, 5) is 18.8. The minimum Gasteiger partial charge on any atom is -0.490 e. The third kappa shape index (κ3) is 8.73. The van der Waals surface area contributed by atoms with Crippen molar-refractivity contribution in [2.45, 2.75) is 60.2 Å². The monoisotopic (exact) mass is 513 g/mol. The Morgan fingerprint density at radius 3 is 2.70 bits per heavy atom. The average molecular weight is 514 g/mol. The second kappa shape index (κ2) is 14.0. The third-order valence-corrected chi connectivity index (χ3v) is 5.95. The first-order valence-corrected chi connectivity index (χ1v) is 12.7. The van der Waals surface area contributed by atoms with E-state index in [4.69, 9.17) is 21.1 Å². The molecule has 0 amide bonds. The van der Waals surface area contributed by atoms with E-state index in [1.807, 2.05) is 30.3 Å². The number of carbonyl (C=O) groups is 1. The van der Waals surface area contributed by atoms with E-state index in [9.17, 15) is 9.90 Å². The Labute approximate surface area is 221 Å². The van der Waals surface area contributed by atoms with E-state index in [-0.39, 0.29) is 6.61 Å². The summed E-state index contributed by atoms with van der Waals surface area (Å²) in [7, 11) is 1.65. The van der Waals surface area contributed by atoms with Crippen LogP contribution in [0.3, 0.4) is 0 Å². The molecule has 0 radical (unpaired) electrons. The molecule has 204 valence electrons. The molecular formula is C28H43N5O4. The number of rotatable bonds is 9. The van der Waals surface area contributed by atoms with Crippen molar-refractivity contribution >= 4 is 5.97 Å². The highest BCUT2D eigenvalue weighted by Gasteiger charge is 2.39. The van der Waals surface area contributed by atoms with Crippen molar-refractivity contribution in [3.8, 4) is 5.75 Å². The number of aryl methyl sites for hydroxylation is 1. The lowest BCUT2D eigenvalue weighted by Gasteiger charge is -2.32. The molecule has 0 saturated carbocycles. The predicted octanol–water partition coefficient (Wildman–Crippen LogP) is 3.98. The molecule has 5 N–H and O–H groups in total. The minimum atomic E-state index is -1.18. The van der Waals surface area contributed by atoms with Gasteiger partial charge >= 0.3 is 5.97 Å².